The number of amides is 1. The largest absolute Gasteiger partial charge is 0.497 e. The molecule has 5 nitrogen and oxygen atoms in total. The van der Waals surface area contributed by atoms with Gasteiger partial charge >= 0.3 is 5.97 Å². The number of hydrogen-bond donors (Lipinski definition) is 1. The quantitative estimate of drug-likeness (QED) is 0.583. The highest BCUT2D eigenvalue weighted by molar-refractivity contribution is 8.00. The van der Waals surface area contributed by atoms with Crippen molar-refractivity contribution < 1.29 is 19.1 Å². The molecule has 1 N–H and O–H groups in total. The number of benzene rings is 2. The van der Waals surface area contributed by atoms with Crippen LogP contribution in [0.15, 0.2) is 47.4 Å². The van der Waals surface area contributed by atoms with Crippen LogP contribution in [0.25, 0.3) is 0 Å². The van der Waals surface area contributed by atoms with Gasteiger partial charge in [-0.1, -0.05) is 11.6 Å². The maximum Gasteiger partial charge on any atom is 0.316 e. The van der Waals surface area contributed by atoms with Gasteiger partial charge in [0.15, 0.2) is 6.61 Å². The van der Waals surface area contributed by atoms with E-state index in [4.69, 9.17) is 21.1 Å². The van der Waals surface area contributed by atoms with Crippen LogP contribution in [0.2, 0.25) is 5.02 Å². The Morgan fingerprint density at radius 2 is 1.88 bits per heavy atom. The third-order valence-corrected chi connectivity index (χ3v) is 4.46. The molecule has 2 rings (SSSR count). The number of anilines is 1. The summed E-state index contributed by atoms with van der Waals surface area (Å²) in [7, 11) is 1.59. The van der Waals surface area contributed by atoms with Gasteiger partial charge in [0.2, 0.25) is 0 Å². The summed E-state index contributed by atoms with van der Waals surface area (Å²) in [6.07, 6.45) is 0. The predicted octanol–water partition coefficient (Wildman–Crippen LogP) is 3.93. The minimum absolute atomic E-state index is 0.125. The van der Waals surface area contributed by atoms with E-state index in [9.17, 15) is 9.59 Å². The van der Waals surface area contributed by atoms with Gasteiger partial charge in [0.25, 0.3) is 5.91 Å². The number of thioether (sulfide) groups is 1. The number of hydrogen-bond acceptors (Lipinski definition) is 5. The van der Waals surface area contributed by atoms with E-state index in [2.05, 4.69) is 5.32 Å². The number of carbonyl (C=O) groups is 2. The van der Waals surface area contributed by atoms with Crippen molar-refractivity contribution >= 4 is 40.9 Å². The Morgan fingerprint density at radius 1 is 1.16 bits per heavy atom. The van der Waals surface area contributed by atoms with E-state index >= 15 is 0 Å². The van der Waals surface area contributed by atoms with Crippen LogP contribution in [0.3, 0.4) is 0 Å². The van der Waals surface area contributed by atoms with Gasteiger partial charge in [-0.2, -0.15) is 0 Å². The molecule has 2 aromatic carbocycles. The van der Waals surface area contributed by atoms with Crippen LogP contribution in [0.4, 0.5) is 5.69 Å². The van der Waals surface area contributed by atoms with Crippen molar-refractivity contribution in [3.8, 4) is 5.75 Å². The van der Waals surface area contributed by atoms with Crippen LogP contribution >= 0.6 is 23.4 Å². The molecule has 0 bridgehead atoms. The zero-order valence-electron chi connectivity index (χ0n) is 13.9. The molecular weight excluding hydrogens is 362 g/mol. The zero-order valence-corrected chi connectivity index (χ0v) is 15.4. The van der Waals surface area contributed by atoms with Gasteiger partial charge in [-0.25, -0.2) is 0 Å². The first-order valence-electron chi connectivity index (χ1n) is 7.46. The van der Waals surface area contributed by atoms with E-state index in [1.807, 2.05) is 31.2 Å². The molecule has 0 aliphatic heterocycles. The molecule has 0 atom stereocenters. The van der Waals surface area contributed by atoms with Gasteiger partial charge in [-0.15, -0.1) is 11.8 Å². The van der Waals surface area contributed by atoms with Crippen LogP contribution in [-0.2, 0) is 14.3 Å². The van der Waals surface area contributed by atoms with Gasteiger partial charge in [-0.3, -0.25) is 9.59 Å². The Kier molecular flexibility index (Phi) is 7.16. The van der Waals surface area contributed by atoms with E-state index in [0.717, 1.165) is 16.2 Å². The smallest absolute Gasteiger partial charge is 0.316 e. The number of halogens is 1. The third-order valence-electron chi connectivity index (χ3n) is 3.24. The van der Waals surface area contributed by atoms with Crippen molar-refractivity contribution in [3.63, 3.8) is 0 Å². The number of rotatable bonds is 7. The second kappa shape index (κ2) is 9.34. The minimum Gasteiger partial charge on any atom is -0.497 e. The van der Waals surface area contributed by atoms with Gasteiger partial charge in [-0.05, 0) is 55.0 Å². The number of ether oxygens (including phenoxy) is 2. The van der Waals surface area contributed by atoms with E-state index in [1.165, 1.54) is 11.8 Å². The summed E-state index contributed by atoms with van der Waals surface area (Å²) in [5.41, 5.74) is 1.47. The standard InChI is InChI=1S/C18H18ClNO4S/c1-12-9-13(19)3-8-16(12)20-17(21)10-24-18(22)11-25-15-6-4-14(23-2)5-7-15/h3-9H,10-11H2,1-2H3,(H,20,21). The summed E-state index contributed by atoms with van der Waals surface area (Å²) in [5, 5.41) is 3.28. The van der Waals surface area contributed by atoms with E-state index in [-0.39, 0.29) is 12.4 Å². The Morgan fingerprint density at radius 3 is 2.52 bits per heavy atom. The first-order chi connectivity index (χ1) is 12.0. The summed E-state index contributed by atoms with van der Waals surface area (Å²) >= 11 is 7.20. The first kappa shape index (κ1) is 19.1. The highest BCUT2D eigenvalue weighted by Crippen LogP contribution is 2.21. The molecule has 0 aromatic heterocycles. The Labute approximate surface area is 155 Å². The van der Waals surface area contributed by atoms with Crippen molar-refractivity contribution in [1.29, 1.82) is 0 Å². The molecule has 0 aliphatic rings. The SMILES string of the molecule is COc1ccc(SCC(=O)OCC(=O)Nc2ccc(Cl)cc2C)cc1. The Balaban J connectivity index is 1.74. The lowest BCUT2D eigenvalue weighted by Crippen LogP contribution is -2.22. The van der Waals surface area contributed by atoms with Crippen molar-refractivity contribution in [2.24, 2.45) is 0 Å². The van der Waals surface area contributed by atoms with Gasteiger partial charge < -0.3 is 14.8 Å². The molecular formula is C18H18ClNO4S. The second-order valence-electron chi connectivity index (χ2n) is 5.13. The minimum atomic E-state index is -0.455. The molecule has 0 heterocycles. The zero-order chi connectivity index (χ0) is 18.2. The van der Waals surface area contributed by atoms with E-state index in [1.54, 1.807) is 25.3 Å². The molecule has 7 heteroatoms. The maximum atomic E-state index is 11.9. The fraction of sp³-hybridized carbons (Fsp3) is 0.222. The molecule has 0 spiro atoms. The molecule has 1 amide bonds. The Hall–Kier alpha value is -2.18. The van der Waals surface area contributed by atoms with Crippen LogP contribution in [0, 0.1) is 6.92 Å². The van der Waals surface area contributed by atoms with Gasteiger partial charge in [0.05, 0.1) is 12.9 Å². The molecule has 0 unspecified atom stereocenters. The molecule has 0 saturated carbocycles. The van der Waals surface area contributed by atoms with Gasteiger partial charge in [0.1, 0.15) is 5.75 Å². The summed E-state index contributed by atoms with van der Waals surface area (Å²) in [4.78, 5) is 24.5. The maximum absolute atomic E-state index is 11.9. The number of carbonyl (C=O) groups excluding carboxylic acids is 2. The van der Waals surface area contributed by atoms with Crippen molar-refractivity contribution in [1.82, 2.24) is 0 Å². The lowest BCUT2D eigenvalue weighted by atomic mass is 10.2. The van der Waals surface area contributed by atoms with Crippen LogP contribution < -0.4 is 10.1 Å². The van der Waals surface area contributed by atoms with Crippen LogP contribution in [0.1, 0.15) is 5.56 Å². The topological polar surface area (TPSA) is 64.6 Å². The normalized spacial score (nSPS) is 10.2. The average molecular weight is 380 g/mol. The van der Waals surface area contributed by atoms with Gasteiger partial charge in [0, 0.05) is 15.6 Å². The lowest BCUT2D eigenvalue weighted by molar-refractivity contribution is -0.144. The number of aryl methyl sites for hydroxylation is 1. The first-order valence-corrected chi connectivity index (χ1v) is 8.83. The third kappa shape index (κ3) is 6.32. The van der Waals surface area contributed by atoms with Crippen molar-refractivity contribution in [2.75, 3.05) is 24.8 Å². The van der Waals surface area contributed by atoms with Crippen LogP contribution in [-0.4, -0.2) is 31.3 Å². The fourth-order valence-electron chi connectivity index (χ4n) is 1.96. The van der Waals surface area contributed by atoms with E-state index in [0.29, 0.717) is 10.7 Å². The summed E-state index contributed by atoms with van der Waals surface area (Å²) in [5.74, 6) is 0.0256. The number of esters is 1. The molecule has 25 heavy (non-hydrogen) atoms. The van der Waals surface area contributed by atoms with Crippen molar-refractivity contribution in [2.45, 2.75) is 11.8 Å². The fourth-order valence-corrected chi connectivity index (χ4v) is 2.88. The monoisotopic (exact) mass is 379 g/mol. The predicted molar refractivity (Wildman–Crippen MR) is 99.5 cm³/mol. The average Bonchev–Trinajstić information content (AvgIpc) is 2.61. The summed E-state index contributed by atoms with van der Waals surface area (Å²) < 4.78 is 10.1. The second-order valence-corrected chi connectivity index (χ2v) is 6.62. The summed E-state index contributed by atoms with van der Waals surface area (Å²) in [6, 6.07) is 12.5. The molecule has 0 saturated heterocycles. The van der Waals surface area contributed by atoms with E-state index < -0.39 is 11.9 Å². The molecule has 0 aliphatic carbocycles. The summed E-state index contributed by atoms with van der Waals surface area (Å²) in [6.45, 7) is 1.50. The highest BCUT2D eigenvalue weighted by Gasteiger charge is 2.10. The molecule has 0 radical (unpaired) electrons. The molecule has 0 fully saturated rings. The molecule has 2 aromatic rings. The number of methoxy groups -OCH3 is 1. The lowest BCUT2D eigenvalue weighted by Gasteiger charge is -2.09. The highest BCUT2D eigenvalue weighted by atomic mass is 35.5. The van der Waals surface area contributed by atoms with Crippen molar-refractivity contribution in [3.05, 3.63) is 53.1 Å². The van der Waals surface area contributed by atoms with Crippen LogP contribution in [0.5, 0.6) is 5.75 Å². The Bertz CT molecular complexity index is 749. The number of nitrogens with one attached hydrogen (secondary N) is 1. The molecule has 132 valence electrons.